The van der Waals surface area contributed by atoms with E-state index in [0.717, 1.165) is 17.8 Å². The summed E-state index contributed by atoms with van der Waals surface area (Å²) in [5.74, 6) is 0.987. The highest BCUT2D eigenvalue weighted by Gasteiger charge is 2.29. The van der Waals surface area contributed by atoms with Gasteiger partial charge in [-0.3, -0.25) is 13.9 Å². The SMILES string of the molecule is C[C@H]1CN(c2ccccc2)c2nc3c(c(=O)n(Cc4ccccc4Cl)c(=O)n3C)n2C1. The van der Waals surface area contributed by atoms with Crippen LogP contribution in [-0.4, -0.2) is 25.2 Å². The van der Waals surface area contributed by atoms with Gasteiger partial charge in [-0.15, -0.1) is 0 Å². The summed E-state index contributed by atoms with van der Waals surface area (Å²) in [5, 5.41) is 0.524. The molecule has 0 N–H and O–H groups in total. The lowest BCUT2D eigenvalue weighted by Gasteiger charge is -2.32. The highest BCUT2D eigenvalue weighted by Crippen LogP contribution is 2.32. The molecule has 7 nitrogen and oxygen atoms in total. The first-order chi connectivity index (χ1) is 15.0. The fraction of sp³-hybridized carbons (Fsp3) is 0.261. The van der Waals surface area contributed by atoms with E-state index in [-0.39, 0.29) is 12.1 Å². The highest BCUT2D eigenvalue weighted by molar-refractivity contribution is 6.31. The second-order valence-corrected chi connectivity index (χ2v) is 8.48. The third kappa shape index (κ3) is 3.16. The summed E-state index contributed by atoms with van der Waals surface area (Å²) < 4.78 is 4.64. The molecule has 2 aromatic heterocycles. The van der Waals surface area contributed by atoms with Crippen molar-refractivity contribution in [1.82, 2.24) is 18.7 Å². The summed E-state index contributed by atoms with van der Waals surface area (Å²) in [6.45, 7) is 3.71. The molecule has 0 saturated heterocycles. The average Bonchev–Trinajstić information content (AvgIpc) is 3.16. The van der Waals surface area contributed by atoms with E-state index in [1.807, 2.05) is 53.1 Å². The summed E-state index contributed by atoms with van der Waals surface area (Å²) in [5.41, 5.74) is 1.81. The molecule has 2 aromatic carbocycles. The number of fused-ring (bicyclic) bond motifs is 3. The van der Waals surface area contributed by atoms with Crippen LogP contribution in [-0.2, 0) is 20.1 Å². The third-order valence-corrected chi connectivity index (χ3v) is 6.17. The maximum atomic E-state index is 13.5. The fourth-order valence-corrected chi connectivity index (χ4v) is 4.46. The van der Waals surface area contributed by atoms with Gasteiger partial charge in [0.1, 0.15) is 0 Å². The molecule has 0 amide bonds. The Morgan fingerprint density at radius 3 is 2.48 bits per heavy atom. The summed E-state index contributed by atoms with van der Waals surface area (Å²) >= 11 is 6.29. The second kappa shape index (κ2) is 7.42. The zero-order valence-electron chi connectivity index (χ0n) is 17.3. The van der Waals surface area contributed by atoms with Gasteiger partial charge >= 0.3 is 5.69 Å². The van der Waals surface area contributed by atoms with Crippen LogP contribution in [0.4, 0.5) is 11.6 Å². The predicted molar refractivity (Wildman–Crippen MR) is 122 cm³/mol. The van der Waals surface area contributed by atoms with E-state index in [0.29, 0.717) is 34.6 Å². The quantitative estimate of drug-likeness (QED) is 0.495. The van der Waals surface area contributed by atoms with Crippen molar-refractivity contribution in [2.24, 2.45) is 13.0 Å². The number of hydrogen-bond donors (Lipinski definition) is 0. The first-order valence-electron chi connectivity index (χ1n) is 10.2. The molecule has 0 fully saturated rings. The van der Waals surface area contributed by atoms with Gasteiger partial charge in [0.2, 0.25) is 5.95 Å². The lowest BCUT2D eigenvalue weighted by molar-refractivity contribution is 0.458. The summed E-state index contributed by atoms with van der Waals surface area (Å²) in [6.07, 6.45) is 0. The van der Waals surface area contributed by atoms with Gasteiger partial charge in [-0.05, 0) is 29.7 Å². The van der Waals surface area contributed by atoms with E-state index in [1.165, 1.54) is 9.13 Å². The van der Waals surface area contributed by atoms with Crippen molar-refractivity contribution in [3.8, 4) is 0 Å². The molecular weight excluding hydrogens is 414 g/mol. The average molecular weight is 436 g/mol. The number of nitrogens with zero attached hydrogens (tertiary/aromatic N) is 5. The van der Waals surface area contributed by atoms with Crippen LogP contribution in [0.15, 0.2) is 64.2 Å². The number of rotatable bonds is 3. The standard InChI is InChI=1S/C23H22ClN5O2/c1-15-12-27(17-9-4-3-5-10-17)22-25-20-19(28(22)13-15)21(30)29(23(31)26(20)2)14-16-8-6-7-11-18(16)24/h3-11,15H,12-14H2,1-2H3/t15-/m0/s1. The number of halogens is 1. The second-order valence-electron chi connectivity index (χ2n) is 8.07. The fourth-order valence-electron chi connectivity index (χ4n) is 4.27. The number of anilines is 2. The largest absolute Gasteiger partial charge is 0.332 e. The normalized spacial score (nSPS) is 16.0. The highest BCUT2D eigenvalue weighted by atomic mass is 35.5. The Bertz CT molecular complexity index is 1400. The molecule has 1 atom stereocenters. The van der Waals surface area contributed by atoms with Crippen molar-refractivity contribution in [2.75, 3.05) is 11.4 Å². The van der Waals surface area contributed by atoms with Crippen molar-refractivity contribution >= 4 is 34.4 Å². The molecule has 5 rings (SSSR count). The van der Waals surface area contributed by atoms with Gasteiger partial charge < -0.3 is 9.47 Å². The van der Waals surface area contributed by atoms with Gasteiger partial charge in [0.25, 0.3) is 5.56 Å². The number of hydrogen-bond acceptors (Lipinski definition) is 4. The summed E-state index contributed by atoms with van der Waals surface area (Å²) in [4.78, 5) is 33.4. The van der Waals surface area contributed by atoms with E-state index < -0.39 is 5.69 Å². The van der Waals surface area contributed by atoms with Gasteiger partial charge in [-0.25, -0.2) is 4.79 Å². The maximum Gasteiger partial charge on any atom is 0.332 e. The lowest BCUT2D eigenvalue weighted by atomic mass is 10.1. The van der Waals surface area contributed by atoms with Gasteiger partial charge in [0.15, 0.2) is 11.2 Å². The number of benzene rings is 2. The van der Waals surface area contributed by atoms with Crippen molar-refractivity contribution in [2.45, 2.75) is 20.0 Å². The number of para-hydroxylation sites is 1. The van der Waals surface area contributed by atoms with E-state index >= 15 is 0 Å². The lowest BCUT2D eigenvalue weighted by Crippen LogP contribution is -2.40. The van der Waals surface area contributed by atoms with Crippen molar-refractivity contribution in [3.63, 3.8) is 0 Å². The van der Waals surface area contributed by atoms with Crippen LogP contribution in [0.2, 0.25) is 5.02 Å². The third-order valence-electron chi connectivity index (χ3n) is 5.80. The number of aryl methyl sites for hydroxylation is 1. The minimum Gasteiger partial charge on any atom is -0.312 e. The van der Waals surface area contributed by atoms with Crippen molar-refractivity contribution in [3.05, 3.63) is 86.0 Å². The van der Waals surface area contributed by atoms with E-state index in [2.05, 4.69) is 11.8 Å². The molecule has 4 aromatic rings. The minimum atomic E-state index is -0.410. The van der Waals surface area contributed by atoms with Crippen LogP contribution < -0.4 is 16.1 Å². The van der Waals surface area contributed by atoms with E-state index in [4.69, 9.17) is 16.6 Å². The van der Waals surface area contributed by atoms with Crippen LogP contribution in [0, 0.1) is 5.92 Å². The van der Waals surface area contributed by atoms with Gasteiger partial charge in [-0.2, -0.15) is 4.98 Å². The topological polar surface area (TPSA) is 65.1 Å². The minimum absolute atomic E-state index is 0.111. The Morgan fingerprint density at radius 1 is 1.03 bits per heavy atom. The molecule has 0 saturated carbocycles. The molecule has 8 heteroatoms. The monoisotopic (exact) mass is 435 g/mol. The maximum absolute atomic E-state index is 13.5. The van der Waals surface area contributed by atoms with Gasteiger partial charge in [0.05, 0.1) is 6.54 Å². The zero-order valence-corrected chi connectivity index (χ0v) is 18.1. The Morgan fingerprint density at radius 2 is 1.74 bits per heavy atom. The van der Waals surface area contributed by atoms with Gasteiger partial charge in [0, 0.05) is 30.8 Å². The molecule has 31 heavy (non-hydrogen) atoms. The van der Waals surface area contributed by atoms with E-state index in [9.17, 15) is 9.59 Å². The zero-order chi connectivity index (χ0) is 21.7. The molecule has 1 aliphatic heterocycles. The Kier molecular flexibility index (Phi) is 4.70. The van der Waals surface area contributed by atoms with Crippen LogP contribution in [0.5, 0.6) is 0 Å². The molecule has 0 aliphatic carbocycles. The van der Waals surface area contributed by atoms with E-state index in [1.54, 1.807) is 13.1 Å². The van der Waals surface area contributed by atoms with Crippen molar-refractivity contribution < 1.29 is 0 Å². The smallest absolute Gasteiger partial charge is 0.312 e. The molecule has 0 unspecified atom stereocenters. The van der Waals surface area contributed by atoms with Crippen LogP contribution in [0.1, 0.15) is 12.5 Å². The molecule has 158 valence electrons. The van der Waals surface area contributed by atoms with Crippen LogP contribution in [0.25, 0.3) is 11.2 Å². The molecule has 1 aliphatic rings. The molecule has 0 bridgehead atoms. The summed E-state index contributed by atoms with van der Waals surface area (Å²) in [6, 6.07) is 17.2. The Hall–Kier alpha value is -3.32. The predicted octanol–water partition coefficient (Wildman–Crippen LogP) is 3.39. The van der Waals surface area contributed by atoms with Gasteiger partial charge in [-0.1, -0.05) is 54.9 Å². The Balaban J connectivity index is 1.74. The number of aromatic nitrogens is 4. The van der Waals surface area contributed by atoms with Crippen LogP contribution >= 0.6 is 11.6 Å². The summed E-state index contributed by atoms with van der Waals surface area (Å²) in [7, 11) is 1.66. The number of imidazole rings is 1. The first kappa shape index (κ1) is 19.6. The van der Waals surface area contributed by atoms with Crippen LogP contribution in [0.3, 0.4) is 0 Å². The first-order valence-corrected chi connectivity index (χ1v) is 10.6. The molecule has 3 heterocycles. The molecule has 0 radical (unpaired) electrons. The molecule has 0 spiro atoms. The Labute approximate surface area is 183 Å². The van der Waals surface area contributed by atoms with Crippen molar-refractivity contribution in [1.29, 1.82) is 0 Å². The molecular formula is C23H22ClN5O2.